The zero-order chi connectivity index (χ0) is 23.9. The molecule has 2 N–H and O–H groups in total. The summed E-state index contributed by atoms with van der Waals surface area (Å²) in [5.74, 6) is 0.593. The van der Waals surface area contributed by atoms with Crippen LogP contribution >= 0.6 is 15.9 Å². The molecule has 5 rings (SSSR count). The van der Waals surface area contributed by atoms with E-state index in [9.17, 15) is 4.39 Å². The fourth-order valence-corrected chi connectivity index (χ4v) is 5.23. The van der Waals surface area contributed by atoms with Gasteiger partial charge in [-0.1, -0.05) is 46.3 Å². The molecule has 0 fully saturated rings. The summed E-state index contributed by atoms with van der Waals surface area (Å²) < 4.78 is 20.6. The minimum Gasteiger partial charge on any atom is -0.496 e. The molecular formula is C27H22BrFN4O. The number of methoxy groups -OCH3 is 1. The van der Waals surface area contributed by atoms with Crippen molar-refractivity contribution in [2.75, 3.05) is 7.11 Å². The van der Waals surface area contributed by atoms with Crippen LogP contribution in [0.4, 0.5) is 4.39 Å². The second-order valence-electron chi connectivity index (χ2n) is 8.20. The Hall–Kier alpha value is -3.58. The number of hydrogen-bond donors (Lipinski definition) is 1. The van der Waals surface area contributed by atoms with Gasteiger partial charge in [-0.3, -0.25) is 0 Å². The normalized spacial score (nSPS) is 16.8. The number of aliphatic imine (C=N–C) groups is 1. The minimum atomic E-state index is -1.03. The van der Waals surface area contributed by atoms with Gasteiger partial charge in [-0.25, -0.2) is 19.4 Å². The predicted octanol–water partition coefficient (Wildman–Crippen LogP) is 5.51. The Morgan fingerprint density at radius 1 is 1.00 bits per heavy atom. The van der Waals surface area contributed by atoms with Crippen molar-refractivity contribution in [3.8, 4) is 16.9 Å². The van der Waals surface area contributed by atoms with Crippen LogP contribution in [0.25, 0.3) is 11.1 Å². The molecule has 5 nitrogen and oxygen atoms in total. The van der Waals surface area contributed by atoms with Crippen molar-refractivity contribution in [3.05, 3.63) is 113 Å². The summed E-state index contributed by atoms with van der Waals surface area (Å²) >= 11 is 3.58. The molecule has 0 radical (unpaired) electrons. The van der Waals surface area contributed by atoms with E-state index in [1.54, 1.807) is 25.6 Å². The highest BCUT2D eigenvalue weighted by atomic mass is 79.9. The lowest BCUT2D eigenvalue weighted by molar-refractivity contribution is 0.408. The number of rotatable bonds is 5. The molecule has 2 heterocycles. The van der Waals surface area contributed by atoms with E-state index in [0.29, 0.717) is 16.5 Å². The van der Waals surface area contributed by atoms with E-state index in [2.05, 4.69) is 32.0 Å². The maximum Gasteiger partial charge on any atom is 0.139 e. The molecule has 1 aliphatic heterocycles. The first-order valence-electron chi connectivity index (χ1n) is 10.7. The number of halogens is 2. The van der Waals surface area contributed by atoms with E-state index < -0.39 is 5.54 Å². The second-order valence-corrected chi connectivity index (χ2v) is 8.76. The highest BCUT2D eigenvalue weighted by molar-refractivity contribution is 9.08. The molecule has 0 bridgehead atoms. The zero-order valence-corrected chi connectivity index (χ0v) is 20.3. The smallest absolute Gasteiger partial charge is 0.139 e. The molecule has 170 valence electrons. The molecule has 0 saturated heterocycles. The first-order valence-corrected chi connectivity index (χ1v) is 11.9. The van der Waals surface area contributed by atoms with Gasteiger partial charge in [0, 0.05) is 34.4 Å². The lowest BCUT2D eigenvalue weighted by atomic mass is 9.76. The second kappa shape index (κ2) is 8.65. The van der Waals surface area contributed by atoms with Gasteiger partial charge in [0.1, 0.15) is 29.3 Å². The van der Waals surface area contributed by atoms with E-state index in [1.165, 1.54) is 12.4 Å². The largest absolute Gasteiger partial charge is 0.496 e. The SMILES string of the molecule is COc1c(C)cc(C2(c3cccc(-c4cncnc4)c3)N=C(N)c3c(F)cccc32)cc1CBr. The van der Waals surface area contributed by atoms with E-state index in [-0.39, 0.29) is 11.7 Å². The van der Waals surface area contributed by atoms with E-state index in [0.717, 1.165) is 39.1 Å². The average molecular weight is 517 g/mol. The summed E-state index contributed by atoms with van der Waals surface area (Å²) in [6, 6.07) is 17.1. The fourth-order valence-electron chi connectivity index (χ4n) is 4.81. The summed E-state index contributed by atoms with van der Waals surface area (Å²) in [6.07, 6.45) is 5.02. The Bertz CT molecular complexity index is 1420. The van der Waals surface area contributed by atoms with Crippen molar-refractivity contribution in [2.45, 2.75) is 17.8 Å². The molecule has 0 amide bonds. The van der Waals surface area contributed by atoms with Gasteiger partial charge in [0.15, 0.2) is 0 Å². The molecular weight excluding hydrogens is 495 g/mol. The number of ether oxygens (including phenoxy) is 1. The minimum absolute atomic E-state index is 0.176. The van der Waals surface area contributed by atoms with Crippen molar-refractivity contribution in [2.24, 2.45) is 10.7 Å². The summed E-state index contributed by atoms with van der Waals surface area (Å²) in [5.41, 5.74) is 11.9. The molecule has 1 aliphatic rings. The van der Waals surface area contributed by atoms with Crippen LogP contribution in [-0.4, -0.2) is 22.9 Å². The van der Waals surface area contributed by atoms with Gasteiger partial charge in [-0.15, -0.1) is 0 Å². The Labute approximate surface area is 205 Å². The maximum absolute atomic E-state index is 15.0. The first-order chi connectivity index (χ1) is 16.5. The first kappa shape index (κ1) is 22.2. The molecule has 0 saturated carbocycles. The van der Waals surface area contributed by atoms with E-state index in [1.807, 2.05) is 43.3 Å². The number of hydrogen-bond acceptors (Lipinski definition) is 5. The van der Waals surface area contributed by atoms with Crippen LogP contribution in [0.1, 0.15) is 33.4 Å². The van der Waals surface area contributed by atoms with Crippen molar-refractivity contribution < 1.29 is 9.13 Å². The zero-order valence-electron chi connectivity index (χ0n) is 18.7. The van der Waals surface area contributed by atoms with Gasteiger partial charge in [-0.2, -0.15) is 0 Å². The van der Waals surface area contributed by atoms with Crippen LogP contribution in [0.15, 0.2) is 78.3 Å². The number of benzene rings is 3. The number of fused-ring (bicyclic) bond motifs is 1. The van der Waals surface area contributed by atoms with Gasteiger partial charge in [-0.05, 0) is 53.4 Å². The monoisotopic (exact) mass is 516 g/mol. The van der Waals surface area contributed by atoms with Crippen LogP contribution in [0.2, 0.25) is 0 Å². The molecule has 1 unspecified atom stereocenters. The van der Waals surface area contributed by atoms with Gasteiger partial charge < -0.3 is 10.5 Å². The maximum atomic E-state index is 15.0. The summed E-state index contributed by atoms with van der Waals surface area (Å²) in [5, 5.41) is 0.595. The number of nitrogens with two attached hydrogens (primary N) is 1. The van der Waals surface area contributed by atoms with Crippen molar-refractivity contribution in [3.63, 3.8) is 0 Å². The fraction of sp³-hybridized carbons (Fsp3) is 0.148. The average Bonchev–Trinajstić information content (AvgIpc) is 3.18. The Balaban J connectivity index is 1.84. The van der Waals surface area contributed by atoms with Crippen LogP contribution in [0, 0.1) is 12.7 Å². The van der Waals surface area contributed by atoms with Gasteiger partial charge in [0.05, 0.1) is 12.7 Å². The molecule has 7 heteroatoms. The molecule has 1 aromatic heterocycles. The van der Waals surface area contributed by atoms with Crippen LogP contribution in [-0.2, 0) is 10.9 Å². The number of aromatic nitrogens is 2. The highest BCUT2D eigenvalue weighted by Crippen LogP contribution is 2.48. The number of alkyl halides is 1. The Morgan fingerprint density at radius 2 is 1.76 bits per heavy atom. The van der Waals surface area contributed by atoms with Gasteiger partial charge >= 0.3 is 0 Å². The van der Waals surface area contributed by atoms with Gasteiger partial charge in [0.2, 0.25) is 0 Å². The Kier molecular flexibility index (Phi) is 5.65. The van der Waals surface area contributed by atoms with E-state index in [4.69, 9.17) is 15.5 Å². The summed E-state index contributed by atoms with van der Waals surface area (Å²) in [4.78, 5) is 13.3. The lowest BCUT2D eigenvalue weighted by Gasteiger charge is -2.31. The lowest BCUT2D eigenvalue weighted by Crippen LogP contribution is -2.26. The standard InChI is InChI=1S/C27H22BrFN4O/c1-16-9-21(11-18(12-28)25(16)34-2)27(22-7-4-8-23(29)24(22)26(30)33-27)20-6-3-5-17(10-20)19-13-31-15-32-14-19/h3-11,13-15H,12H2,1-2H3,(H2,30,33). The van der Waals surface area contributed by atoms with Crippen LogP contribution in [0.5, 0.6) is 5.75 Å². The molecule has 0 spiro atoms. The molecule has 34 heavy (non-hydrogen) atoms. The van der Waals surface area contributed by atoms with Crippen molar-refractivity contribution >= 4 is 21.8 Å². The van der Waals surface area contributed by atoms with Crippen molar-refractivity contribution in [1.29, 1.82) is 0 Å². The third kappa shape index (κ3) is 3.39. The van der Waals surface area contributed by atoms with Crippen LogP contribution < -0.4 is 10.5 Å². The molecule has 4 aromatic rings. The summed E-state index contributed by atoms with van der Waals surface area (Å²) in [6.45, 7) is 1.99. The molecule has 1 atom stereocenters. The van der Waals surface area contributed by atoms with Crippen LogP contribution in [0.3, 0.4) is 0 Å². The predicted molar refractivity (Wildman–Crippen MR) is 135 cm³/mol. The number of aryl methyl sites for hydroxylation is 1. The summed E-state index contributed by atoms with van der Waals surface area (Å²) in [7, 11) is 1.66. The Morgan fingerprint density at radius 3 is 2.50 bits per heavy atom. The number of amidine groups is 1. The molecule has 3 aromatic carbocycles. The third-order valence-corrected chi connectivity index (χ3v) is 6.84. The van der Waals surface area contributed by atoms with Gasteiger partial charge in [0.25, 0.3) is 0 Å². The third-order valence-electron chi connectivity index (χ3n) is 6.24. The highest BCUT2D eigenvalue weighted by Gasteiger charge is 2.44. The van der Waals surface area contributed by atoms with E-state index >= 15 is 0 Å². The van der Waals surface area contributed by atoms with Crippen molar-refractivity contribution in [1.82, 2.24) is 9.97 Å². The number of nitrogens with zero attached hydrogens (tertiary/aromatic N) is 3. The topological polar surface area (TPSA) is 73.4 Å². The quantitative estimate of drug-likeness (QED) is 0.355. The molecule has 0 aliphatic carbocycles.